The van der Waals surface area contributed by atoms with E-state index in [0.717, 1.165) is 29.0 Å². The number of aromatic amines is 1. The second kappa shape index (κ2) is 3.63. The first-order chi connectivity index (χ1) is 9.56. The predicted molar refractivity (Wildman–Crippen MR) is 79.0 cm³/mol. The van der Waals surface area contributed by atoms with Gasteiger partial charge in [0.15, 0.2) is 0 Å². The van der Waals surface area contributed by atoms with Crippen LogP contribution in [0.3, 0.4) is 0 Å². The molecule has 1 aliphatic rings. The lowest BCUT2D eigenvalue weighted by Crippen LogP contribution is -2.26. The number of rotatable bonds is 0. The minimum Gasteiger partial charge on any atom is -0.427 e. The first-order valence-corrected chi connectivity index (χ1v) is 6.81. The Bertz CT molecular complexity index is 883. The van der Waals surface area contributed by atoms with E-state index in [1.54, 1.807) is 0 Å². The zero-order chi connectivity index (χ0) is 13.9. The Morgan fingerprint density at radius 3 is 2.80 bits per heavy atom. The highest BCUT2D eigenvalue weighted by molar-refractivity contribution is 5.93. The van der Waals surface area contributed by atoms with E-state index >= 15 is 0 Å². The Labute approximate surface area is 116 Å². The maximum absolute atomic E-state index is 11.5. The molecule has 0 fully saturated rings. The van der Waals surface area contributed by atoms with Gasteiger partial charge < -0.3 is 9.40 Å². The normalized spacial score (nSPS) is 15.9. The Hall–Kier alpha value is -2.29. The molecule has 2 heterocycles. The number of nitrogens with one attached hydrogen (secondary N) is 1. The van der Waals surface area contributed by atoms with Gasteiger partial charge in [-0.25, -0.2) is 4.79 Å². The fourth-order valence-electron chi connectivity index (χ4n) is 3.35. The van der Waals surface area contributed by atoms with Crippen LogP contribution in [0, 0.1) is 0 Å². The topological polar surface area (TPSA) is 46.0 Å². The molecular formula is C17H15NO2. The lowest BCUT2D eigenvalue weighted by Gasteiger charge is -2.30. The molecule has 0 radical (unpaired) electrons. The highest BCUT2D eigenvalue weighted by Crippen LogP contribution is 2.45. The summed E-state index contributed by atoms with van der Waals surface area (Å²) >= 11 is 0. The Balaban J connectivity index is 2.15. The van der Waals surface area contributed by atoms with Crippen LogP contribution in [0.5, 0.6) is 0 Å². The van der Waals surface area contributed by atoms with E-state index in [2.05, 4.69) is 37.0 Å². The zero-order valence-electron chi connectivity index (χ0n) is 11.5. The van der Waals surface area contributed by atoms with Gasteiger partial charge in [0.2, 0.25) is 0 Å². The van der Waals surface area contributed by atoms with Crippen LogP contribution in [-0.4, -0.2) is 4.98 Å². The van der Waals surface area contributed by atoms with Crippen LogP contribution >= 0.6 is 0 Å². The molecule has 2 aromatic heterocycles. The quantitative estimate of drug-likeness (QED) is 0.674. The molecule has 1 aliphatic carbocycles. The summed E-state index contributed by atoms with van der Waals surface area (Å²) in [6.45, 7) is 4.39. The molecule has 0 atom stereocenters. The molecule has 100 valence electrons. The lowest BCUT2D eigenvalue weighted by atomic mass is 9.74. The molecule has 3 nitrogen and oxygen atoms in total. The van der Waals surface area contributed by atoms with Gasteiger partial charge in [0.05, 0.1) is 5.69 Å². The van der Waals surface area contributed by atoms with Crippen molar-refractivity contribution in [1.82, 2.24) is 4.98 Å². The smallest absolute Gasteiger partial charge is 0.335 e. The fourth-order valence-corrected chi connectivity index (χ4v) is 3.35. The summed E-state index contributed by atoms with van der Waals surface area (Å²) in [5.41, 5.74) is 4.20. The monoisotopic (exact) mass is 265 g/mol. The van der Waals surface area contributed by atoms with Crippen molar-refractivity contribution in [2.24, 2.45) is 0 Å². The van der Waals surface area contributed by atoms with Crippen molar-refractivity contribution in [3.63, 3.8) is 0 Å². The second-order valence-corrected chi connectivity index (χ2v) is 6.07. The number of aromatic nitrogens is 1. The van der Waals surface area contributed by atoms with Crippen molar-refractivity contribution in [2.75, 3.05) is 0 Å². The molecule has 0 bridgehead atoms. The number of hydrogen-bond donors (Lipinski definition) is 1. The summed E-state index contributed by atoms with van der Waals surface area (Å²) in [4.78, 5) is 14.9. The Morgan fingerprint density at radius 2 is 1.95 bits per heavy atom. The summed E-state index contributed by atoms with van der Waals surface area (Å²) < 4.78 is 5.41. The third kappa shape index (κ3) is 1.43. The zero-order valence-corrected chi connectivity index (χ0v) is 11.5. The van der Waals surface area contributed by atoms with E-state index < -0.39 is 0 Å². The lowest BCUT2D eigenvalue weighted by molar-refractivity contribution is 0.400. The van der Waals surface area contributed by atoms with E-state index in [-0.39, 0.29) is 11.0 Å². The standard InChI is InChI=1S/C17H15NO2/c1-17(2)9-13-11(7-8-14(19)20-13)16-15(17)10-5-3-4-6-12(10)18-16/h3-8,18H,9H2,1-2H3. The largest absolute Gasteiger partial charge is 0.427 e. The molecule has 0 amide bonds. The van der Waals surface area contributed by atoms with Crippen LogP contribution in [0.4, 0.5) is 0 Å². The van der Waals surface area contributed by atoms with Gasteiger partial charge in [-0.2, -0.15) is 0 Å². The summed E-state index contributed by atoms with van der Waals surface area (Å²) in [6.07, 6.45) is 0.743. The molecular weight excluding hydrogens is 250 g/mol. The van der Waals surface area contributed by atoms with Gasteiger partial charge in [-0.05, 0) is 23.1 Å². The van der Waals surface area contributed by atoms with Crippen molar-refractivity contribution >= 4 is 10.9 Å². The average Bonchev–Trinajstić information content (AvgIpc) is 2.78. The third-order valence-electron chi connectivity index (χ3n) is 4.16. The molecule has 0 saturated carbocycles. The summed E-state index contributed by atoms with van der Waals surface area (Å²) in [7, 11) is 0. The summed E-state index contributed by atoms with van der Waals surface area (Å²) in [5.74, 6) is 0.779. The van der Waals surface area contributed by atoms with Gasteiger partial charge >= 0.3 is 5.63 Å². The molecule has 0 saturated heterocycles. The van der Waals surface area contributed by atoms with Crippen molar-refractivity contribution < 1.29 is 4.42 Å². The maximum Gasteiger partial charge on any atom is 0.335 e. The first kappa shape index (κ1) is 11.5. The highest BCUT2D eigenvalue weighted by Gasteiger charge is 2.35. The number of H-pyrrole nitrogens is 1. The third-order valence-corrected chi connectivity index (χ3v) is 4.16. The molecule has 0 aliphatic heterocycles. The van der Waals surface area contributed by atoms with Gasteiger partial charge in [-0.15, -0.1) is 0 Å². The maximum atomic E-state index is 11.5. The molecule has 4 rings (SSSR count). The van der Waals surface area contributed by atoms with Crippen LogP contribution in [0.15, 0.2) is 45.6 Å². The van der Waals surface area contributed by atoms with Crippen LogP contribution in [0.2, 0.25) is 0 Å². The SMILES string of the molecule is CC1(C)Cc2oc(=O)ccc2-c2[nH]c3ccccc3c21. The minimum atomic E-state index is -0.279. The van der Waals surface area contributed by atoms with E-state index in [1.165, 1.54) is 17.0 Å². The summed E-state index contributed by atoms with van der Waals surface area (Å²) in [6, 6.07) is 11.7. The molecule has 0 unspecified atom stereocenters. The minimum absolute atomic E-state index is 0.0563. The average molecular weight is 265 g/mol. The van der Waals surface area contributed by atoms with Crippen LogP contribution < -0.4 is 5.63 Å². The highest BCUT2D eigenvalue weighted by atomic mass is 16.4. The van der Waals surface area contributed by atoms with E-state index in [1.807, 2.05) is 12.1 Å². The van der Waals surface area contributed by atoms with Crippen molar-refractivity contribution in [1.29, 1.82) is 0 Å². The van der Waals surface area contributed by atoms with Crippen LogP contribution in [0.1, 0.15) is 25.2 Å². The van der Waals surface area contributed by atoms with Crippen LogP contribution in [0.25, 0.3) is 22.2 Å². The molecule has 3 heteroatoms. The molecule has 1 N–H and O–H groups in total. The molecule has 20 heavy (non-hydrogen) atoms. The first-order valence-electron chi connectivity index (χ1n) is 6.81. The number of fused-ring (bicyclic) bond motifs is 5. The van der Waals surface area contributed by atoms with Gasteiger partial charge in [-0.1, -0.05) is 32.0 Å². The number of benzene rings is 1. The van der Waals surface area contributed by atoms with Gasteiger partial charge in [0, 0.05) is 29.0 Å². The second-order valence-electron chi connectivity index (χ2n) is 6.07. The number of hydrogen-bond acceptors (Lipinski definition) is 2. The number of para-hydroxylation sites is 1. The van der Waals surface area contributed by atoms with Crippen molar-refractivity contribution in [3.8, 4) is 11.3 Å². The molecule has 0 spiro atoms. The molecule has 1 aromatic carbocycles. The van der Waals surface area contributed by atoms with E-state index in [9.17, 15) is 4.79 Å². The van der Waals surface area contributed by atoms with Crippen LogP contribution in [-0.2, 0) is 11.8 Å². The van der Waals surface area contributed by atoms with Gasteiger partial charge in [0.25, 0.3) is 0 Å². The predicted octanol–water partition coefficient (Wildman–Crippen LogP) is 3.62. The van der Waals surface area contributed by atoms with E-state index in [4.69, 9.17) is 4.42 Å². The van der Waals surface area contributed by atoms with Crippen molar-refractivity contribution in [3.05, 3.63) is 58.1 Å². The Kier molecular flexibility index (Phi) is 2.09. The molecule has 3 aromatic rings. The van der Waals surface area contributed by atoms with Gasteiger partial charge in [0.1, 0.15) is 5.76 Å². The van der Waals surface area contributed by atoms with Crippen molar-refractivity contribution in [2.45, 2.75) is 25.7 Å². The van der Waals surface area contributed by atoms with Gasteiger partial charge in [-0.3, -0.25) is 0 Å². The van der Waals surface area contributed by atoms with E-state index in [0.29, 0.717) is 0 Å². The summed E-state index contributed by atoms with van der Waals surface area (Å²) in [5, 5.41) is 1.25. The fraction of sp³-hybridized carbons (Fsp3) is 0.235. The Morgan fingerprint density at radius 1 is 1.15 bits per heavy atom.